The Balaban J connectivity index is 2.46. The molecule has 0 aliphatic carbocycles. The number of nitrogens with one attached hydrogen (secondary N) is 1. The maximum atomic E-state index is 13.8. The number of aldehydes is 1. The van der Waals surface area contributed by atoms with E-state index in [1.807, 2.05) is 0 Å². The number of amides is 2. The van der Waals surface area contributed by atoms with E-state index in [0.29, 0.717) is 6.29 Å². The Morgan fingerprint density at radius 3 is 2.58 bits per heavy atom. The van der Waals surface area contributed by atoms with Gasteiger partial charge in [0, 0.05) is 25.6 Å². The Bertz CT molecular complexity index is 733. The summed E-state index contributed by atoms with van der Waals surface area (Å²) in [4.78, 5) is 36.4. The van der Waals surface area contributed by atoms with Gasteiger partial charge >= 0.3 is 6.18 Å². The first-order chi connectivity index (χ1) is 12.1. The van der Waals surface area contributed by atoms with Gasteiger partial charge in [-0.05, 0) is 36.6 Å². The molecule has 2 amide bonds. The Morgan fingerprint density at radius 1 is 1.38 bits per heavy atom. The number of likely N-dealkylation sites (N-methyl/N-ethyl adjacent to an activating group) is 1. The van der Waals surface area contributed by atoms with E-state index in [2.05, 4.69) is 5.32 Å². The van der Waals surface area contributed by atoms with E-state index in [-0.39, 0.29) is 36.1 Å². The van der Waals surface area contributed by atoms with Gasteiger partial charge in [0.25, 0.3) is 5.91 Å². The van der Waals surface area contributed by atoms with Gasteiger partial charge in [-0.1, -0.05) is 0 Å². The minimum atomic E-state index is -4.60. The van der Waals surface area contributed by atoms with E-state index in [9.17, 15) is 31.9 Å². The highest BCUT2D eigenvalue weighted by molar-refractivity contribution is 6.01. The molecule has 0 spiro atoms. The molecule has 1 aromatic carbocycles. The third-order valence-corrected chi connectivity index (χ3v) is 4.51. The Morgan fingerprint density at radius 2 is 2.04 bits per heavy atom. The molecule has 2 rings (SSSR count). The third kappa shape index (κ3) is 3.71. The Labute approximate surface area is 147 Å². The molecule has 1 heterocycles. The molecule has 0 aromatic heterocycles. The molecule has 1 N–H and O–H groups in total. The summed E-state index contributed by atoms with van der Waals surface area (Å²) in [6, 6.07) is 0.626. The topological polar surface area (TPSA) is 66.5 Å². The van der Waals surface area contributed by atoms with Gasteiger partial charge in [0.15, 0.2) is 0 Å². The quantitative estimate of drug-likeness (QED) is 0.615. The predicted molar refractivity (Wildman–Crippen MR) is 83.9 cm³/mol. The molecule has 9 heteroatoms. The van der Waals surface area contributed by atoms with Crippen molar-refractivity contribution in [2.45, 2.75) is 44.4 Å². The van der Waals surface area contributed by atoms with E-state index in [4.69, 9.17) is 0 Å². The standard InChI is InChI=1S/C17H18F4N2O3/c1-9(17(19,20)21)11-6-10(18)7-12-13(11)8-23(16(12)26)14(4-3-5-24)15(25)22-2/h5-7,9,14H,3-4,8H2,1-2H3,(H,22,25). The molecule has 0 saturated carbocycles. The second-order valence-electron chi connectivity index (χ2n) is 6.09. The summed E-state index contributed by atoms with van der Waals surface area (Å²) < 4.78 is 53.2. The van der Waals surface area contributed by atoms with Crippen molar-refractivity contribution in [3.05, 3.63) is 34.6 Å². The van der Waals surface area contributed by atoms with Crippen LogP contribution in [0.4, 0.5) is 17.6 Å². The van der Waals surface area contributed by atoms with Crippen LogP contribution in [0, 0.1) is 5.82 Å². The molecule has 26 heavy (non-hydrogen) atoms. The smallest absolute Gasteiger partial charge is 0.357 e. The first kappa shape index (κ1) is 19.9. The van der Waals surface area contributed by atoms with Crippen LogP contribution in [0.2, 0.25) is 0 Å². The van der Waals surface area contributed by atoms with Gasteiger partial charge in [-0.2, -0.15) is 13.2 Å². The Hall–Kier alpha value is -2.45. The summed E-state index contributed by atoms with van der Waals surface area (Å²) in [5.74, 6) is -4.18. The molecule has 5 nitrogen and oxygen atoms in total. The van der Waals surface area contributed by atoms with E-state index >= 15 is 0 Å². The number of halogens is 4. The fraction of sp³-hybridized carbons (Fsp3) is 0.471. The first-order valence-electron chi connectivity index (χ1n) is 7.97. The molecule has 1 aromatic rings. The minimum absolute atomic E-state index is 0.00160. The summed E-state index contributed by atoms with van der Waals surface area (Å²) in [5.41, 5.74) is -0.452. The normalized spacial score (nSPS) is 16.2. The lowest BCUT2D eigenvalue weighted by molar-refractivity contribution is -0.146. The minimum Gasteiger partial charge on any atom is -0.357 e. The second kappa shape index (κ2) is 7.43. The van der Waals surface area contributed by atoms with Crippen LogP contribution < -0.4 is 5.32 Å². The summed E-state index contributed by atoms with van der Waals surface area (Å²) >= 11 is 0. The lowest BCUT2D eigenvalue weighted by Gasteiger charge is -2.26. The highest BCUT2D eigenvalue weighted by Gasteiger charge is 2.43. The van der Waals surface area contributed by atoms with E-state index < -0.39 is 35.8 Å². The molecule has 0 fully saturated rings. The van der Waals surface area contributed by atoms with Gasteiger partial charge in [0.1, 0.15) is 18.1 Å². The number of fused-ring (bicyclic) bond motifs is 1. The van der Waals surface area contributed by atoms with E-state index in [1.54, 1.807) is 0 Å². The highest BCUT2D eigenvalue weighted by Crippen LogP contribution is 2.40. The van der Waals surface area contributed by atoms with Crippen molar-refractivity contribution in [2.24, 2.45) is 0 Å². The van der Waals surface area contributed by atoms with Gasteiger partial charge in [-0.3, -0.25) is 9.59 Å². The van der Waals surface area contributed by atoms with Crippen molar-refractivity contribution in [1.82, 2.24) is 10.2 Å². The van der Waals surface area contributed by atoms with Crippen LogP contribution in [0.25, 0.3) is 0 Å². The summed E-state index contributed by atoms with van der Waals surface area (Å²) in [7, 11) is 1.35. The fourth-order valence-electron chi connectivity index (χ4n) is 3.06. The van der Waals surface area contributed by atoms with Crippen molar-refractivity contribution in [3.63, 3.8) is 0 Å². The molecule has 0 bridgehead atoms. The average molecular weight is 374 g/mol. The van der Waals surface area contributed by atoms with Crippen molar-refractivity contribution in [2.75, 3.05) is 7.05 Å². The van der Waals surface area contributed by atoms with Gasteiger partial charge < -0.3 is 15.0 Å². The molecular formula is C17H18F4N2O3. The van der Waals surface area contributed by atoms with Crippen LogP contribution in [-0.2, 0) is 16.1 Å². The number of hydrogen-bond donors (Lipinski definition) is 1. The van der Waals surface area contributed by atoms with Crippen LogP contribution in [0.1, 0.15) is 47.2 Å². The lowest BCUT2D eigenvalue weighted by atomic mass is 9.93. The molecule has 2 unspecified atom stereocenters. The van der Waals surface area contributed by atoms with Crippen LogP contribution >= 0.6 is 0 Å². The number of carbonyl (C=O) groups is 3. The van der Waals surface area contributed by atoms with Gasteiger partial charge in [0.05, 0.1) is 5.92 Å². The zero-order chi connectivity index (χ0) is 19.6. The summed E-state index contributed by atoms with van der Waals surface area (Å²) in [5, 5.41) is 2.37. The zero-order valence-corrected chi connectivity index (χ0v) is 14.2. The lowest BCUT2D eigenvalue weighted by Crippen LogP contribution is -2.46. The number of rotatable bonds is 6. The summed E-state index contributed by atoms with van der Waals surface area (Å²) in [6.45, 7) is 0.645. The number of alkyl halides is 3. The summed E-state index contributed by atoms with van der Waals surface area (Å²) in [6.07, 6.45) is -4.00. The highest BCUT2D eigenvalue weighted by atomic mass is 19.4. The fourth-order valence-corrected chi connectivity index (χ4v) is 3.06. The van der Waals surface area contributed by atoms with E-state index in [0.717, 1.165) is 24.0 Å². The largest absolute Gasteiger partial charge is 0.395 e. The van der Waals surface area contributed by atoms with Crippen LogP contribution in [-0.4, -0.2) is 42.3 Å². The van der Waals surface area contributed by atoms with Crippen LogP contribution in [0.3, 0.4) is 0 Å². The van der Waals surface area contributed by atoms with Crippen molar-refractivity contribution < 1.29 is 31.9 Å². The van der Waals surface area contributed by atoms with Crippen LogP contribution in [0.5, 0.6) is 0 Å². The number of carbonyl (C=O) groups excluding carboxylic acids is 3. The molecule has 142 valence electrons. The molecular weight excluding hydrogens is 356 g/mol. The van der Waals surface area contributed by atoms with Gasteiger partial charge in [-0.15, -0.1) is 0 Å². The number of hydrogen-bond acceptors (Lipinski definition) is 3. The number of benzene rings is 1. The van der Waals surface area contributed by atoms with Crippen molar-refractivity contribution in [1.29, 1.82) is 0 Å². The molecule has 2 atom stereocenters. The zero-order valence-electron chi connectivity index (χ0n) is 14.2. The van der Waals surface area contributed by atoms with Crippen molar-refractivity contribution in [3.8, 4) is 0 Å². The SMILES string of the molecule is CNC(=O)C(CCC=O)N1Cc2c(cc(F)cc2C(C)C(F)(F)F)C1=O. The van der Waals surface area contributed by atoms with Crippen LogP contribution in [0.15, 0.2) is 12.1 Å². The molecule has 0 saturated heterocycles. The maximum absolute atomic E-state index is 13.8. The number of nitrogens with zero attached hydrogens (tertiary/aromatic N) is 1. The maximum Gasteiger partial charge on any atom is 0.395 e. The van der Waals surface area contributed by atoms with Crippen molar-refractivity contribution >= 4 is 18.1 Å². The predicted octanol–water partition coefficient (Wildman–Crippen LogP) is 2.54. The molecule has 0 radical (unpaired) electrons. The van der Waals surface area contributed by atoms with Gasteiger partial charge in [-0.25, -0.2) is 4.39 Å². The molecule has 1 aliphatic rings. The first-order valence-corrected chi connectivity index (χ1v) is 7.97. The molecule has 1 aliphatic heterocycles. The Kier molecular flexibility index (Phi) is 5.68. The monoisotopic (exact) mass is 374 g/mol. The average Bonchev–Trinajstić information content (AvgIpc) is 2.89. The van der Waals surface area contributed by atoms with Gasteiger partial charge in [0.2, 0.25) is 5.91 Å². The second-order valence-corrected chi connectivity index (χ2v) is 6.09. The van der Waals surface area contributed by atoms with E-state index in [1.165, 1.54) is 7.05 Å². The third-order valence-electron chi connectivity index (χ3n) is 4.51.